The molecule has 0 bridgehead atoms. The van der Waals surface area contributed by atoms with Crippen LogP contribution in [0.15, 0.2) is 0 Å². The van der Waals surface area contributed by atoms with Gasteiger partial charge in [-0.2, -0.15) is 0 Å². The van der Waals surface area contributed by atoms with Gasteiger partial charge in [0, 0.05) is 6.04 Å². The van der Waals surface area contributed by atoms with Gasteiger partial charge in [0.25, 0.3) is 0 Å². The fourth-order valence-electron chi connectivity index (χ4n) is 1.71. The summed E-state index contributed by atoms with van der Waals surface area (Å²) in [5, 5.41) is 8.56. The van der Waals surface area contributed by atoms with Crippen molar-refractivity contribution in [2.75, 3.05) is 13.1 Å². The molecule has 5 nitrogen and oxygen atoms in total. The molecule has 2 rings (SSSR count). The second kappa shape index (κ2) is 6.06. The third-order valence-electron chi connectivity index (χ3n) is 2.74. The maximum absolute atomic E-state index is 11.5. The zero-order chi connectivity index (χ0) is 10.7. The van der Waals surface area contributed by atoms with Gasteiger partial charge in [0.2, 0.25) is 11.8 Å². The first kappa shape index (κ1) is 13.3. The Balaban J connectivity index is 0.00000128. The van der Waals surface area contributed by atoms with Crippen molar-refractivity contribution in [1.29, 1.82) is 0 Å². The molecule has 16 heavy (non-hydrogen) atoms. The number of carbonyl (C=O) groups excluding carboxylic acids is 2. The monoisotopic (exact) mass is 247 g/mol. The lowest BCUT2D eigenvalue weighted by Crippen LogP contribution is -2.45. The Morgan fingerprint density at radius 2 is 2.00 bits per heavy atom. The maximum Gasteiger partial charge on any atom is 0.239 e. The molecule has 0 aromatic rings. The third-order valence-corrected chi connectivity index (χ3v) is 2.74. The lowest BCUT2D eigenvalue weighted by Gasteiger charge is -2.10. The van der Waals surface area contributed by atoms with Crippen molar-refractivity contribution in [2.45, 2.75) is 37.8 Å². The quantitative estimate of drug-likeness (QED) is 0.631. The SMILES string of the molecule is Cl.O=C(CNC(=O)[C@@H]1CCCN1)NC1CC1. The summed E-state index contributed by atoms with van der Waals surface area (Å²) in [5.74, 6) is -0.137. The number of nitrogens with one attached hydrogen (secondary N) is 3. The van der Waals surface area contributed by atoms with Crippen LogP contribution in [0.3, 0.4) is 0 Å². The number of halogens is 1. The van der Waals surface area contributed by atoms with Crippen molar-refractivity contribution >= 4 is 24.2 Å². The van der Waals surface area contributed by atoms with E-state index in [9.17, 15) is 9.59 Å². The molecule has 0 unspecified atom stereocenters. The van der Waals surface area contributed by atoms with E-state index in [-0.39, 0.29) is 36.8 Å². The minimum atomic E-state index is -0.0984. The van der Waals surface area contributed by atoms with Crippen molar-refractivity contribution in [3.63, 3.8) is 0 Å². The van der Waals surface area contributed by atoms with Gasteiger partial charge < -0.3 is 16.0 Å². The van der Waals surface area contributed by atoms with E-state index in [1.54, 1.807) is 0 Å². The van der Waals surface area contributed by atoms with E-state index < -0.39 is 0 Å². The first-order chi connectivity index (χ1) is 7.25. The zero-order valence-electron chi connectivity index (χ0n) is 9.12. The topological polar surface area (TPSA) is 70.2 Å². The molecule has 92 valence electrons. The molecular weight excluding hydrogens is 230 g/mol. The van der Waals surface area contributed by atoms with E-state index in [0.717, 1.165) is 32.2 Å². The van der Waals surface area contributed by atoms with Crippen LogP contribution in [0.4, 0.5) is 0 Å². The molecule has 6 heteroatoms. The van der Waals surface area contributed by atoms with Crippen LogP contribution < -0.4 is 16.0 Å². The van der Waals surface area contributed by atoms with Gasteiger partial charge in [0.1, 0.15) is 0 Å². The van der Waals surface area contributed by atoms with Crippen molar-refractivity contribution < 1.29 is 9.59 Å². The van der Waals surface area contributed by atoms with Crippen molar-refractivity contribution in [2.24, 2.45) is 0 Å². The van der Waals surface area contributed by atoms with Crippen LogP contribution in [-0.2, 0) is 9.59 Å². The highest BCUT2D eigenvalue weighted by Gasteiger charge is 2.25. The molecule has 0 radical (unpaired) electrons. The fourth-order valence-corrected chi connectivity index (χ4v) is 1.71. The molecule has 2 aliphatic rings. The Morgan fingerprint density at radius 3 is 2.56 bits per heavy atom. The Morgan fingerprint density at radius 1 is 1.25 bits per heavy atom. The molecule has 1 heterocycles. The summed E-state index contributed by atoms with van der Waals surface area (Å²) in [6.45, 7) is 1.000. The van der Waals surface area contributed by atoms with E-state index in [0.29, 0.717) is 6.04 Å². The number of carbonyl (C=O) groups is 2. The highest BCUT2D eigenvalue weighted by Crippen LogP contribution is 2.18. The molecule has 3 N–H and O–H groups in total. The number of amides is 2. The van der Waals surface area contributed by atoms with Crippen LogP contribution in [0.25, 0.3) is 0 Å². The van der Waals surface area contributed by atoms with E-state index in [4.69, 9.17) is 0 Å². The average Bonchev–Trinajstić information content (AvgIpc) is 2.86. The largest absolute Gasteiger partial charge is 0.352 e. The second-order valence-electron chi connectivity index (χ2n) is 4.21. The van der Waals surface area contributed by atoms with Gasteiger partial charge in [0.05, 0.1) is 12.6 Å². The van der Waals surface area contributed by atoms with Gasteiger partial charge in [0.15, 0.2) is 0 Å². The van der Waals surface area contributed by atoms with Gasteiger partial charge in [-0.25, -0.2) is 0 Å². The Bertz CT molecular complexity index is 263. The van der Waals surface area contributed by atoms with E-state index >= 15 is 0 Å². The standard InChI is InChI=1S/C10H17N3O2.ClH/c14-9(13-7-3-4-7)6-12-10(15)8-2-1-5-11-8;/h7-8,11H,1-6H2,(H,12,15)(H,13,14);1H/t8-;/m0./s1. The predicted octanol–water partition coefficient (Wildman–Crippen LogP) is -0.445. The molecule has 1 saturated carbocycles. The summed E-state index contributed by atoms with van der Waals surface area (Å²) < 4.78 is 0. The van der Waals surface area contributed by atoms with E-state index in [1.165, 1.54) is 0 Å². The molecule has 2 fully saturated rings. The normalized spacial score (nSPS) is 23.4. The summed E-state index contributed by atoms with van der Waals surface area (Å²) in [7, 11) is 0. The Kier molecular flexibility index (Phi) is 5.02. The molecule has 0 spiro atoms. The Hall–Kier alpha value is -0.810. The van der Waals surface area contributed by atoms with Gasteiger partial charge >= 0.3 is 0 Å². The fraction of sp³-hybridized carbons (Fsp3) is 0.800. The molecular formula is C10H18ClN3O2. The molecule has 1 aliphatic heterocycles. The minimum Gasteiger partial charge on any atom is -0.352 e. The van der Waals surface area contributed by atoms with Crippen LogP contribution in [0, 0.1) is 0 Å². The van der Waals surface area contributed by atoms with Crippen LogP contribution in [0.5, 0.6) is 0 Å². The summed E-state index contributed by atoms with van der Waals surface area (Å²) in [4.78, 5) is 22.8. The van der Waals surface area contributed by atoms with Crippen molar-refractivity contribution in [3.8, 4) is 0 Å². The van der Waals surface area contributed by atoms with Gasteiger partial charge in [-0.05, 0) is 32.2 Å². The Labute approximate surface area is 101 Å². The van der Waals surface area contributed by atoms with Crippen LogP contribution in [0.2, 0.25) is 0 Å². The number of rotatable bonds is 4. The molecule has 1 atom stereocenters. The summed E-state index contributed by atoms with van der Waals surface area (Å²) >= 11 is 0. The molecule has 2 amide bonds. The highest BCUT2D eigenvalue weighted by molar-refractivity contribution is 5.87. The first-order valence-corrected chi connectivity index (χ1v) is 5.56. The van der Waals surface area contributed by atoms with E-state index in [2.05, 4.69) is 16.0 Å². The van der Waals surface area contributed by atoms with Gasteiger partial charge in [-0.1, -0.05) is 0 Å². The van der Waals surface area contributed by atoms with Gasteiger partial charge in [-0.15, -0.1) is 12.4 Å². The minimum absolute atomic E-state index is 0. The molecule has 0 aromatic carbocycles. The van der Waals surface area contributed by atoms with Crippen molar-refractivity contribution in [1.82, 2.24) is 16.0 Å². The van der Waals surface area contributed by atoms with Crippen LogP contribution in [-0.4, -0.2) is 37.0 Å². The van der Waals surface area contributed by atoms with Crippen molar-refractivity contribution in [3.05, 3.63) is 0 Å². The number of hydrogen-bond donors (Lipinski definition) is 3. The highest BCUT2D eigenvalue weighted by atomic mass is 35.5. The van der Waals surface area contributed by atoms with Crippen LogP contribution >= 0.6 is 12.4 Å². The van der Waals surface area contributed by atoms with Crippen LogP contribution in [0.1, 0.15) is 25.7 Å². The predicted molar refractivity (Wildman–Crippen MR) is 62.4 cm³/mol. The van der Waals surface area contributed by atoms with Gasteiger partial charge in [-0.3, -0.25) is 9.59 Å². The lowest BCUT2D eigenvalue weighted by atomic mass is 10.2. The summed E-state index contributed by atoms with van der Waals surface area (Å²) in [6, 6.07) is 0.262. The average molecular weight is 248 g/mol. The maximum atomic E-state index is 11.5. The smallest absolute Gasteiger partial charge is 0.239 e. The summed E-state index contributed by atoms with van der Waals surface area (Å²) in [6.07, 6.45) is 4.05. The van der Waals surface area contributed by atoms with E-state index in [1.807, 2.05) is 0 Å². The molecule has 0 aromatic heterocycles. The second-order valence-corrected chi connectivity index (χ2v) is 4.21. The summed E-state index contributed by atoms with van der Waals surface area (Å²) in [5.41, 5.74) is 0. The molecule has 1 aliphatic carbocycles. The lowest BCUT2D eigenvalue weighted by molar-refractivity contribution is -0.127. The first-order valence-electron chi connectivity index (χ1n) is 5.56. The third kappa shape index (κ3) is 3.98. The zero-order valence-corrected chi connectivity index (χ0v) is 9.94. The number of hydrogen-bond acceptors (Lipinski definition) is 3. The molecule has 1 saturated heterocycles.